The van der Waals surface area contributed by atoms with Gasteiger partial charge in [-0.1, -0.05) is 24.3 Å². The van der Waals surface area contributed by atoms with Crippen LogP contribution in [0.5, 0.6) is 0 Å². The molecule has 0 fully saturated rings. The second-order valence-corrected chi connectivity index (χ2v) is 3.73. The lowest BCUT2D eigenvalue weighted by molar-refractivity contribution is 0.0888. The minimum Gasteiger partial charge on any atom is -0.294 e. The fourth-order valence-corrected chi connectivity index (χ4v) is 2.07. The van der Waals surface area contributed by atoms with Crippen molar-refractivity contribution in [3.8, 4) is 0 Å². The average molecular weight is 192 g/mol. The lowest BCUT2D eigenvalue weighted by Crippen LogP contribution is -2.22. The molecule has 0 aromatic heterocycles. The van der Waals surface area contributed by atoms with Crippen molar-refractivity contribution >= 4 is 5.78 Å². The molecule has 74 valence electrons. The number of hydrogen-bond donors (Lipinski definition) is 0. The van der Waals surface area contributed by atoms with Crippen molar-refractivity contribution in [1.29, 1.82) is 0 Å². The number of halogens is 1. The summed E-state index contributed by atoms with van der Waals surface area (Å²) in [6.07, 6.45) is 2.10. The van der Waals surface area contributed by atoms with Gasteiger partial charge in [-0.3, -0.25) is 9.18 Å². The maximum absolute atomic E-state index is 12.2. The van der Waals surface area contributed by atoms with Gasteiger partial charge in [0, 0.05) is 11.5 Å². The molecule has 1 aromatic carbocycles. The van der Waals surface area contributed by atoms with Crippen molar-refractivity contribution in [2.75, 3.05) is 6.67 Å². The SMILES string of the molecule is O=C1c2ccccc2CCC1CCF. The lowest BCUT2D eigenvalue weighted by atomic mass is 9.81. The number of benzene rings is 1. The van der Waals surface area contributed by atoms with E-state index in [9.17, 15) is 9.18 Å². The maximum Gasteiger partial charge on any atom is 0.166 e. The molecule has 1 aromatic rings. The largest absolute Gasteiger partial charge is 0.294 e. The van der Waals surface area contributed by atoms with Gasteiger partial charge in [-0.05, 0) is 24.8 Å². The number of ketones is 1. The normalized spacial score (nSPS) is 20.6. The predicted molar refractivity (Wildman–Crippen MR) is 53.2 cm³/mol. The summed E-state index contributed by atoms with van der Waals surface area (Å²) in [5, 5.41) is 0. The van der Waals surface area contributed by atoms with E-state index in [2.05, 4.69) is 0 Å². The van der Waals surface area contributed by atoms with Gasteiger partial charge in [-0.15, -0.1) is 0 Å². The van der Waals surface area contributed by atoms with Crippen LogP contribution in [0.2, 0.25) is 0 Å². The highest BCUT2D eigenvalue weighted by atomic mass is 19.1. The van der Waals surface area contributed by atoms with Gasteiger partial charge >= 0.3 is 0 Å². The molecule has 0 radical (unpaired) electrons. The summed E-state index contributed by atoms with van der Waals surface area (Å²) in [4.78, 5) is 11.8. The Labute approximate surface area is 82.9 Å². The topological polar surface area (TPSA) is 17.1 Å². The van der Waals surface area contributed by atoms with Crippen LogP contribution < -0.4 is 0 Å². The van der Waals surface area contributed by atoms with Crippen LogP contribution in [-0.2, 0) is 6.42 Å². The highest BCUT2D eigenvalue weighted by Crippen LogP contribution is 2.27. The van der Waals surface area contributed by atoms with Crippen LogP contribution in [0.3, 0.4) is 0 Å². The van der Waals surface area contributed by atoms with Crippen LogP contribution in [-0.4, -0.2) is 12.5 Å². The van der Waals surface area contributed by atoms with Crippen molar-refractivity contribution in [3.05, 3.63) is 35.4 Å². The first kappa shape index (κ1) is 9.38. The van der Waals surface area contributed by atoms with Gasteiger partial charge in [-0.2, -0.15) is 0 Å². The van der Waals surface area contributed by atoms with Gasteiger partial charge in [0.1, 0.15) is 0 Å². The van der Waals surface area contributed by atoms with Crippen molar-refractivity contribution in [2.24, 2.45) is 5.92 Å². The molecule has 0 saturated heterocycles. The van der Waals surface area contributed by atoms with E-state index in [4.69, 9.17) is 0 Å². The molecule has 1 nitrogen and oxygen atoms in total. The van der Waals surface area contributed by atoms with E-state index >= 15 is 0 Å². The van der Waals surface area contributed by atoms with Crippen LogP contribution in [0.15, 0.2) is 24.3 Å². The van der Waals surface area contributed by atoms with Gasteiger partial charge < -0.3 is 0 Å². The van der Waals surface area contributed by atoms with E-state index in [1.165, 1.54) is 0 Å². The van der Waals surface area contributed by atoms with E-state index in [-0.39, 0.29) is 11.7 Å². The first-order valence-electron chi connectivity index (χ1n) is 5.01. The summed E-state index contributed by atoms with van der Waals surface area (Å²) in [5.41, 5.74) is 1.92. The van der Waals surface area contributed by atoms with Crippen LogP contribution >= 0.6 is 0 Å². The fourth-order valence-electron chi connectivity index (χ4n) is 2.07. The van der Waals surface area contributed by atoms with E-state index in [0.717, 1.165) is 24.0 Å². The Morgan fingerprint density at radius 3 is 2.93 bits per heavy atom. The third-order valence-corrected chi connectivity index (χ3v) is 2.87. The van der Waals surface area contributed by atoms with E-state index in [1.54, 1.807) is 0 Å². The highest BCUT2D eigenvalue weighted by Gasteiger charge is 2.26. The zero-order valence-corrected chi connectivity index (χ0v) is 8.00. The van der Waals surface area contributed by atoms with Gasteiger partial charge in [0.2, 0.25) is 0 Å². The Morgan fingerprint density at radius 1 is 1.36 bits per heavy atom. The quantitative estimate of drug-likeness (QED) is 0.704. The number of carbonyl (C=O) groups excluding carboxylic acids is 1. The minimum atomic E-state index is -0.390. The van der Waals surface area contributed by atoms with Gasteiger partial charge in [0.15, 0.2) is 5.78 Å². The predicted octanol–water partition coefficient (Wildman–Crippen LogP) is 2.79. The van der Waals surface area contributed by atoms with Crippen LogP contribution in [0.25, 0.3) is 0 Å². The Morgan fingerprint density at radius 2 is 2.14 bits per heavy atom. The third-order valence-electron chi connectivity index (χ3n) is 2.87. The van der Waals surface area contributed by atoms with Gasteiger partial charge in [0.05, 0.1) is 6.67 Å². The zero-order chi connectivity index (χ0) is 9.97. The molecule has 1 aliphatic carbocycles. The number of fused-ring (bicyclic) bond motifs is 1. The second-order valence-electron chi connectivity index (χ2n) is 3.73. The summed E-state index contributed by atoms with van der Waals surface area (Å²) in [6, 6.07) is 7.65. The molecule has 0 amide bonds. The first-order valence-corrected chi connectivity index (χ1v) is 5.01. The zero-order valence-electron chi connectivity index (χ0n) is 8.00. The Balaban J connectivity index is 2.27. The Hall–Kier alpha value is -1.18. The molecule has 1 atom stereocenters. The van der Waals surface area contributed by atoms with Crippen LogP contribution in [0.4, 0.5) is 4.39 Å². The fraction of sp³-hybridized carbons (Fsp3) is 0.417. The number of Topliss-reactive ketones (excluding diaryl/α,β-unsaturated/α-hetero) is 1. The molecular formula is C12H13FO. The van der Waals surface area contributed by atoms with Crippen LogP contribution in [0.1, 0.15) is 28.8 Å². The van der Waals surface area contributed by atoms with Gasteiger partial charge in [0.25, 0.3) is 0 Å². The molecule has 14 heavy (non-hydrogen) atoms. The number of hydrogen-bond acceptors (Lipinski definition) is 1. The van der Waals surface area contributed by atoms with Crippen molar-refractivity contribution in [3.63, 3.8) is 0 Å². The molecule has 1 aliphatic rings. The first-order chi connectivity index (χ1) is 6.83. The molecule has 0 heterocycles. The smallest absolute Gasteiger partial charge is 0.166 e. The number of rotatable bonds is 2. The summed E-state index contributed by atoms with van der Waals surface area (Å²) >= 11 is 0. The summed E-state index contributed by atoms with van der Waals surface area (Å²) in [7, 11) is 0. The average Bonchev–Trinajstić information content (AvgIpc) is 2.23. The highest BCUT2D eigenvalue weighted by molar-refractivity contribution is 6.00. The summed E-state index contributed by atoms with van der Waals surface area (Å²) in [6.45, 7) is -0.390. The Kier molecular flexibility index (Phi) is 2.62. The standard InChI is InChI=1S/C12H13FO/c13-8-7-10-6-5-9-3-1-2-4-11(9)12(10)14/h1-4,10H,5-8H2. The molecule has 0 N–H and O–H groups in total. The van der Waals surface area contributed by atoms with Crippen molar-refractivity contribution in [2.45, 2.75) is 19.3 Å². The number of carbonyl (C=O) groups is 1. The molecule has 2 heteroatoms. The Bertz CT molecular complexity index is 346. The number of alkyl halides is 1. The minimum absolute atomic E-state index is 0.0881. The van der Waals surface area contributed by atoms with E-state index < -0.39 is 6.67 Å². The maximum atomic E-state index is 12.2. The molecule has 1 unspecified atom stereocenters. The van der Waals surface area contributed by atoms with Crippen molar-refractivity contribution < 1.29 is 9.18 Å². The van der Waals surface area contributed by atoms with Crippen LogP contribution in [0, 0.1) is 5.92 Å². The molecule has 0 aliphatic heterocycles. The summed E-state index contributed by atoms with van der Waals surface area (Å²) in [5.74, 6) is 0.0411. The molecule has 2 rings (SSSR count). The third kappa shape index (κ3) is 1.57. The van der Waals surface area contributed by atoms with Crippen molar-refractivity contribution in [1.82, 2.24) is 0 Å². The summed E-state index contributed by atoms with van der Waals surface area (Å²) < 4.78 is 12.2. The molecular weight excluding hydrogens is 179 g/mol. The second kappa shape index (κ2) is 3.91. The van der Waals surface area contributed by atoms with E-state index in [0.29, 0.717) is 6.42 Å². The number of aryl methyl sites for hydroxylation is 1. The lowest BCUT2D eigenvalue weighted by Gasteiger charge is -2.22. The molecule has 0 saturated carbocycles. The van der Waals surface area contributed by atoms with Gasteiger partial charge in [-0.25, -0.2) is 0 Å². The monoisotopic (exact) mass is 192 g/mol. The molecule has 0 spiro atoms. The molecule has 0 bridgehead atoms. The van der Waals surface area contributed by atoms with E-state index in [1.807, 2.05) is 24.3 Å².